The van der Waals surface area contributed by atoms with Crippen LogP contribution >= 0.6 is 0 Å². The Bertz CT molecular complexity index is 354. The lowest BCUT2D eigenvalue weighted by molar-refractivity contribution is 0.0908. The highest BCUT2D eigenvalue weighted by Gasteiger charge is 2.23. The number of piperidine rings is 1. The van der Waals surface area contributed by atoms with Gasteiger partial charge in [-0.15, -0.1) is 0 Å². The Morgan fingerprint density at radius 3 is 3.12 bits per heavy atom. The largest absolute Gasteiger partial charge is 0.348 e. The van der Waals surface area contributed by atoms with Gasteiger partial charge in [0.15, 0.2) is 0 Å². The molecule has 86 valence electrons. The van der Waals surface area contributed by atoms with Gasteiger partial charge >= 0.3 is 0 Å². The highest BCUT2D eigenvalue weighted by molar-refractivity contribution is 5.92. The second kappa shape index (κ2) is 5.03. The molecule has 2 N–H and O–H groups in total. The molecule has 2 unspecified atom stereocenters. The summed E-state index contributed by atoms with van der Waals surface area (Å²) in [6, 6.07) is 0.232. The summed E-state index contributed by atoms with van der Waals surface area (Å²) in [4.78, 5) is 19.7. The molecule has 1 aromatic rings. The van der Waals surface area contributed by atoms with Gasteiger partial charge < -0.3 is 10.6 Å². The predicted molar refractivity (Wildman–Crippen MR) is 59.9 cm³/mol. The summed E-state index contributed by atoms with van der Waals surface area (Å²) in [7, 11) is 0. The molecule has 0 spiro atoms. The molecule has 2 atom stereocenters. The van der Waals surface area contributed by atoms with Gasteiger partial charge in [-0.25, -0.2) is 4.98 Å². The molecule has 2 rings (SSSR count). The fourth-order valence-corrected chi connectivity index (χ4v) is 1.89. The normalized spacial score (nSPS) is 25.1. The van der Waals surface area contributed by atoms with Crippen LogP contribution in [0.1, 0.15) is 23.8 Å². The fourth-order valence-electron chi connectivity index (χ4n) is 1.89. The molecule has 1 saturated heterocycles. The van der Waals surface area contributed by atoms with Crippen LogP contribution in [-0.2, 0) is 0 Å². The van der Waals surface area contributed by atoms with E-state index in [2.05, 4.69) is 27.5 Å². The van der Waals surface area contributed by atoms with Crippen molar-refractivity contribution in [1.29, 1.82) is 0 Å². The Labute approximate surface area is 94.7 Å². The Balaban J connectivity index is 1.96. The zero-order valence-electron chi connectivity index (χ0n) is 9.31. The second-order valence-corrected chi connectivity index (χ2v) is 4.14. The quantitative estimate of drug-likeness (QED) is 0.747. The second-order valence-electron chi connectivity index (χ2n) is 4.14. The molecule has 16 heavy (non-hydrogen) atoms. The summed E-state index contributed by atoms with van der Waals surface area (Å²) in [5.41, 5.74) is 0.383. The first-order valence-electron chi connectivity index (χ1n) is 5.55. The smallest absolute Gasteiger partial charge is 0.271 e. The molecule has 0 saturated carbocycles. The maximum absolute atomic E-state index is 11.8. The van der Waals surface area contributed by atoms with Gasteiger partial charge in [-0.3, -0.25) is 9.78 Å². The van der Waals surface area contributed by atoms with Crippen LogP contribution in [0.15, 0.2) is 18.6 Å². The van der Waals surface area contributed by atoms with Crippen LogP contribution < -0.4 is 10.6 Å². The van der Waals surface area contributed by atoms with E-state index in [0.29, 0.717) is 11.6 Å². The molecule has 5 heteroatoms. The van der Waals surface area contributed by atoms with Crippen molar-refractivity contribution in [3.63, 3.8) is 0 Å². The molecule has 1 aliphatic rings. The monoisotopic (exact) mass is 220 g/mol. The molecule has 0 bridgehead atoms. The maximum Gasteiger partial charge on any atom is 0.271 e. The molecule has 2 heterocycles. The highest BCUT2D eigenvalue weighted by Crippen LogP contribution is 2.10. The number of carbonyl (C=O) groups is 1. The van der Waals surface area contributed by atoms with Crippen molar-refractivity contribution in [3.8, 4) is 0 Å². The number of hydrogen-bond donors (Lipinski definition) is 2. The van der Waals surface area contributed by atoms with Crippen molar-refractivity contribution in [1.82, 2.24) is 20.6 Å². The molecule has 1 aliphatic heterocycles. The van der Waals surface area contributed by atoms with Crippen molar-refractivity contribution in [3.05, 3.63) is 24.3 Å². The fraction of sp³-hybridized carbons (Fsp3) is 0.545. The van der Waals surface area contributed by atoms with Crippen molar-refractivity contribution in [2.75, 3.05) is 13.1 Å². The average Bonchev–Trinajstić information content (AvgIpc) is 2.33. The summed E-state index contributed by atoms with van der Waals surface area (Å²) >= 11 is 0. The average molecular weight is 220 g/mol. The third-order valence-electron chi connectivity index (χ3n) is 2.90. The minimum absolute atomic E-state index is 0.133. The first-order valence-corrected chi connectivity index (χ1v) is 5.55. The van der Waals surface area contributed by atoms with Gasteiger partial charge in [0.05, 0.1) is 6.20 Å². The SMILES string of the molecule is CC1CNCCC1NC(=O)c1cnccn1. The molecule has 1 fully saturated rings. The van der Waals surface area contributed by atoms with Crippen molar-refractivity contribution < 1.29 is 4.79 Å². The number of nitrogens with zero attached hydrogens (tertiary/aromatic N) is 2. The molecule has 0 aliphatic carbocycles. The van der Waals surface area contributed by atoms with Crippen LogP contribution in [0.4, 0.5) is 0 Å². The van der Waals surface area contributed by atoms with Gasteiger partial charge in [-0.2, -0.15) is 0 Å². The Kier molecular flexibility index (Phi) is 3.46. The first kappa shape index (κ1) is 11.0. The summed E-state index contributed by atoms with van der Waals surface area (Å²) in [6.07, 6.45) is 5.54. The van der Waals surface area contributed by atoms with E-state index in [0.717, 1.165) is 19.5 Å². The maximum atomic E-state index is 11.8. The number of aromatic nitrogens is 2. The summed E-state index contributed by atoms with van der Waals surface area (Å²) in [5, 5.41) is 6.30. The van der Waals surface area contributed by atoms with Crippen molar-refractivity contribution >= 4 is 5.91 Å². The minimum atomic E-state index is -0.133. The van der Waals surface area contributed by atoms with E-state index in [4.69, 9.17) is 0 Å². The van der Waals surface area contributed by atoms with Gasteiger partial charge in [0.2, 0.25) is 0 Å². The molecule has 0 aromatic carbocycles. The minimum Gasteiger partial charge on any atom is -0.348 e. The summed E-state index contributed by atoms with van der Waals surface area (Å²) < 4.78 is 0. The number of nitrogens with one attached hydrogen (secondary N) is 2. The zero-order chi connectivity index (χ0) is 11.4. The Hall–Kier alpha value is -1.49. The first-order chi connectivity index (χ1) is 7.77. The molecule has 0 radical (unpaired) electrons. The molecule has 5 nitrogen and oxygen atoms in total. The van der Waals surface area contributed by atoms with Gasteiger partial charge in [0.25, 0.3) is 5.91 Å². The standard InChI is InChI=1S/C11H16N4O/c1-8-6-12-3-2-9(8)15-11(16)10-7-13-4-5-14-10/h4-5,7-9,12H,2-3,6H2,1H3,(H,15,16). The van der Waals surface area contributed by atoms with E-state index in [1.54, 1.807) is 6.20 Å². The van der Waals surface area contributed by atoms with E-state index in [1.807, 2.05) is 0 Å². The van der Waals surface area contributed by atoms with Crippen LogP contribution in [0.25, 0.3) is 0 Å². The van der Waals surface area contributed by atoms with Crippen LogP contribution in [0.2, 0.25) is 0 Å². The highest BCUT2D eigenvalue weighted by atomic mass is 16.1. The van der Waals surface area contributed by atoms with Gasteiger partial charge in [-0.1, -0.05) is 6.92 Å². The number of rotatable bonds is 2. The number of carbonyl (C=O) groups excluding carboxylic acids is 1. The van der Waals surface area contributed by atoms with E-state index in [-0.39, 0.29) is 11.9 Å². The van der Waals surface area contributed by atoms with Gasteiger partial charge in [0, 0.05) is 18.4 Å². The molecule has 1 amide bonds. The number of amides is 1. The molecule has 1 aromatic heterocycles. The lowest BCUT2D eigenvalue weighted by atomic mass is 9.95. The predicted octanol–water partition coefficient (Wildman–Crippen LogP) is 0.204. The third kappa shape index (κ3) is 2.55. The molecular formula is C11H16N4O. The third-order valence-corrected chi connectivity index (χ3v) is 2.90. The van der Waals surface area contributed by atoms with Gasteiger partial charge in [-0.05, 0) is 25.4 Å². The van der Waals surface area contributed by atoms with Crippen LogP contribution in [0, 0.1) is 5.92 Å². The Morgan fingerprint density at radius 2 is 2.44 bits per heavy atom. The van der Waals surface area contributed by atoms with Crippen LogP contribution in [0.3, 0.4) is 0 Å². The lowest BCUT2D eigenvalue weighted by Gasteiger charge is -2.30. The summed E-state index contributed by atoms with van der Waals surface area (Å²) in [5.74, 6) is 0.321. The zero-order valence-corrected chi connectivity index (χ0v) is 9.31. The molecular weight excluding hydrogens is 204 g/mol. The van der Waals surface area contributed by atoms with E-state index in [1.165, 1.54) is 12.4 Å². The van der Waals surface area contributed by atoms with Crippen molar-refractivity contribution in [2.24, 2.45) is 5.92 Å². The van der Waals surface area contributed by atoms with E-state index in [9.17, 15) is 4.79 Å². The van der Waals surface area contributed by atoms with Crippen LogP contribution in [-0.4, -0.2) is 35.0 Å². The van der Waals surface area contributed by atoms with E-state index < -0.39 is 0 Å². The van der Waals surface area contributed by atoms with Gasteiger partial charge in [0.1, 0.15) is 5.69 Å². The Morgan fingerprint density at radius 1 is 1.56 bits per heavy atom. The lowest BCUT2D eigenvalue weighted by Crippen LogP contribution is -2.48. The van der Waals surface area contributed by atoms with Crippen molar-refractivity contribution in [2.45, 2.75) is 19.4 Å². The van der Waals surface area contributed by atoms with Crippen LogP contribution in [0.5, 0.6) is 0 Å². The topological polar surface area (TPSA) is 66.9 Å². The number of hydrogen-bond acceptors (Lipinski definition) is 4. The summed E-state index contributed by atoms with van der Waals surface area (Å²) in [6.45, 7) is 4.04. The van der Waals surface area contributed by atoms with E-state index >= 15 is 0 Å².